The lowest BCUT2D eigenvalue weighted by molar-refractivity contribution is 0.272. The Bertz CT molecular complexity index is 318. The summed E-state index contributed by atoms with van der Waals surface area (Å²) in [5.74, 6) is 1.01. The number of rotatable bonds is 7. The van der Waals surface area contributed by atoms with Crippen LogP contribution >= 0.6 is 11.6 Å². The fourth-order valence-electron chi connectivity index (χ4n) is 1.19. The molecule has 2 nitrogen and oxygen atoms in total. The summed E-state index contributed by atoms with van der Waals surface area (Å²) in [6.07, 6.45) is 2.02. The van der Waals surface area contributed by atoms with Crippen LogP contribution in [-0.2, 0) is 0 Å². The maximum absolute atomic E-state index is 13.0. The average Bonchev–Trinajstić information content (AvgIpc) is 2.29. The molecule has 0 aliphatic heterocycles. The Kier molecular flexibility index (Phi) is 6.01. The first-order valence-corrected chi connectivity index (χ1v) is 5.92. The first-order valence-electron chi connectivity index (χ1n) is 5.39. The minimum absolute atomic E-state index is 0.340. The van der Waals surface area contributed by atoms with Crippen LogP contribution in [0, 0.1) is 5.82 Å². The Morgan fingerprint density at radius 3 is 2.62 bits per heavy atom. The molecule has 1 aromatic rings. The second-order valence-electron chi connectivity index (χ2n) is 3.33. The summed E-state index contributed by atoms with van der Waals surface area (Å²) in [4.78, 5) is 0. The van der Waals surface area contributed by atoms with Gasteiger partial charge in [-0.1, -0.05) is 13.3 Å². The van der Waals surface area contributed by atoms with Crippen LogP contribution in [0.15, 0.2) is 18.2 Å². The highest BCUT2D eigenvalue weighted by Crippen LogP contribution is 2.28. The summed E-state index contributed by atoms with van der Waals surface area (Å²) >= 11 is 5.51. The van der Waals surface area contributed by atoms with Crippen LogP contribution in [0.2, 0.25) is 0 Å². The van der Waals surface area contributed by atoms with Gasteiger partial charge >= 0.3 is 0 Å². The summed E-state index contributed by atoms with van der Waals surface area (Å²) in [6.45, 7) is 3.04. The summed E-state index contributed by atoms with van der Waals surface area (Å²) < 4.78 is 23.8. The molecule has 4 heteroatoms. The summed E-state index contributed by atoms with van der Waals surface area (Å²) in [6, 6.07) is 4.25. The van der Waals surface area contributed by atoms with Crippen LogP contribution in [0.5, 0.6) is 11.5 Å². The van der Waals surface area contributed by atoms with Crippen molar-refractivity contribution >= 4 is 11.6 Å². The largest absolute Gasteiger partial charge is 0.490 e. The molecular weight excluding hydrogens is 231 g/mol. The second kappa shape index (κ2) is 7.34. The molecule has 0 aliphatic carbocycles. The molecule has 1 rings (SSSR count). The molecule has 0 amide bonds. The Morgan fingerprint density at radius 1 is 1.19 bits per heavy atom. The standard InChI is InChI=1S/C12H16ClFO2/c1-2-3-7-15-11-5-4-10(14)9-12(11)16-8-6-13/h4-5,9H,2-3,6-8H2,1H3. The summed E-state index contributed by atoms with van der Waals surface area (Å²) in [7, 11) is 0. The third-order valence-corrected chi connectivity index (χ3v) is 2.15. The van der Waals surface area contributed by atoms with Gasteiger partial charge in [-0.15, -0.1) is 11.6 Å². The molecule has 0 saturated carbocycles. The molecule has 0 bridgehead atoms. The number of hydrogen-bond acceptors (Lipinski definition) is 2. The maximum atomic E-state index is 13.0. The van der Waals surface area contributed by atoms with Gasteiger partial charge in [-0.05, 0) is 18.6 Å². The van der Waals surface area contributed by atoms with E-state index >= 15 is 0 Å². The van der Waals surface area contributed by atoms with Crippen LogP contribution in [0.4, 0.5) is 4.39 Å². The molecule has 0 N–H and O–H groups in total. The maximum Gasteiger partial charge on any atom is 0.164 e. The van der Waals surface area contributed by atoms with Crippen LogP contribution in [0.25, 0.3) is 0 Å². The van der Waals surface area contributed by atoms with Crippen molar-refractivity contribution in [2.24, 2.45) is 0 Å². The topological polar surface area (TPSA) is 18.5 Å². The molecular formula is C12H16ClFO2. The smallest absolute Gasteiger partial charge is 0.164 e. The number of hydrogen-bond donors (Lipinski definition) is 0. The van der Waals surface area contributed by atoms with Gasteiger partial charge in [-0.25, -0.2) is 4.39 Å². The van der Waals surface area contributed by atoms with E-state index in [0.29, 0.717) is 30.6 Å². The average molecular weight is 247 g/mol. The minimum atomic E-state index is -0.340. The lowest BCUT2D eigenvalue weighted by Crippen LogP contribution is -2.03. The Hall–Kier alpha value is -0.960. The Labute approximate surface area is 100 Å². The number of unbranched alkanes of at least 4 members (excludes halogenated alkanes) is 1. The van der Waals surface area contributed by atoms with Crippen molar-refractivity contribution in [2.75, 3.05) is 19.1 Å². The molecule has 16 heavy (non-hydrogen) atoms. The van der Waals surface area contributed by atoms with Gasteiger partial charge < -0.3 is 9.47 Å². The molecule has 0 aliphatic rings. The van der Waals surface area contributed by atoms with Crippen LogP contribution in [0.3, 0.4) is 0 Å². The predicted molar refractivity (Wildman–Crippen MR) is 63.0 cm³/mol. The Balaban J connectivity index is 2.64. The van der Waals surface area contributed by atoms with Crippen molar-refractivity contribution in [3.63, 3.8) is 0 Å². The van der Waals surface area contributed by atoms with Gasteiger partial charge in [0.05, 0.1) is 12.5 Å². The second-order valence-corrected chi connectivity index (χ2v) is 3.71. The quantitative estimate of drug-likeness (QED) is 0.540. The molecule has 0 saturated heterocycles. The zero-order valence-corrected chi connectivity index (χ0v) is 10.1. The highest BCUT2D eigenvalue weighted by atomic mass is 35.5. The van der Waals surface area contributed by atoms with Crippen molar-refractivity contribution in [1.82, 2.24) is 0 Å². The molecule has 0 radical (unpaired) electrons. The number of ether oxygens (including phenoxy) is 2. The zero-order valence-electron chi connectivity index (χ0n) is 9.34. The summed E-state index contributed by atoms with van der Waals surface area (Å²) in [5, 5.41) is 0. The molecule has 0 unspecified atom stereocenters. The first kappa shape index (κ1) is 13.1. The van der Waals surface area contributed by atoms with Crippen LogP contribution in [-0.4, -0.2) is 19.1 Å². The number of benzene rings is 1. The fraction of sp³-hybridized carbons (Fsp3) is 0.500. The van der Waals surface area contributed by atoms with E-state index in [4.69, 9.17) is 21.1 Å². The third-order valence-electron chi connectivity index (χ3n) is 2.00. The van der Waals surface area contributed by atoms with Gasteiger partial charge in [0.1, 0.15) is 12.4 Å². The molecule has 90 valence electrons. The van der Waals surface area contributed by atoms with E-state index in [1.54, 1.807) is 6.07 Å². The Morgan fingerprint density at radius 2 is 1.94 bits per heavy atom. The van der Waals surface area contributed by atoms with E-state index < -0.39 is 0 Å². The lowest BCUT2D eigenvalue weighted by atomic mass is 10.3. The SMILES string of the molecule is CCCCOc1ccc(F)cc1OCCCl. The van der Waals surface area contributed by atoms with E-state index in [-0.39, 0.29) is 5.82 Å². The molecule has 0 spiro atoms. The molecule has 1 aromatic carbocycles. The molecule has 0 atom stereocenters. The fourth-order valence-corrected chi connectivity index (χ4v) is 1.27. The molecule has 0 fully saturated rings. The van der Waals surface area contributed by atoms with Crippen molar-refractivity contribution in [3.05, 3.63) is 24.0 Å². The van der Waals surface area contributed by atoms with Crippen molar-refractivity contribution in [1.29, 1.82) is 0 Å². The third kappa shape index (κ3) is 4.27. The van der Waals surface area contributed by atoms with Crippen molar-refractivity contribution in [3.8, 4) is 11.5 Å². The van der Waals surface area contributed by atoms with E-state index in [0.717, 1.165) is 12.8 Å². The normalized spacial score (nSPS) is 10.2. The first-order chi connectivity index (χ1) is 7.77. The van der Waals surface area contributed by atoms with Gasteiger partial charge in [-0.2, -0.15) is 0 Å². The van der Waals surface area contributed by atoms with Gasteiger partial charge in [0.15, 0.2) is 11.5 Å². The molecule has 0 aromatic heterocycles. The van der Waals surface area contributed by atoms with E-state index in [9.17, 15) is 4.39 Å². The van der Waals surface area contributed by atoms with E-state index in [2.05, 4.69) is 6.92 Å². The van der Waals surface area contributed by atoms with Crippen LogP contribution < -0.4 is 9.47 Å². The van der Waals surface area contributed by atoms with Crippen molar-refractivity contribution in [2.45, 2.75) is 19.8 Å². The highest BCUT2D eigenvalue weighted by molar-refractivity contribution is 6.18. The van der Waals surface area contributed by atoms with Gasteiger partial charge in [-0.3, -0.25) is 0 Å². The monoisotopic (exact) mass is 246 g/mol. The van der Waals surface area contributed by atoms with Gasteiger partial charge in [0, 0.05) is 6.07 Å². The summed E-state index contributed by atoms with van der Waals surface area (Å²) in [5.41, 5.74) is 0. The van der Waals surface area contributed by atoms with E-state index in [1.807, 2.05) is 0 Å². The zero-order chi connectivity index (χ0) is 11.8. The highest BCUT2D eigenvalue weighted by Gasteiger charge is 2.06. The lowest BCUT2D eigenvalue weighted by Gasteiger charge is -2.11. The number of alkyl halides is 1. The van der Waals surface area contributed by atoms with Crippen LogP contribution in [0.1, 0.15) is 19.8 Å². The van der Waals surface area contributed by atoms with Gasteiger partial charge in [0.2, 0.25) is 0 Å². The van der Waals surface area contributed by atoms with E-state index in [1.165, 1.54) is 12.1 Å². The minimum Gasteiger partial charge on any atom is -0.490 e. The molecule has 0 heterocycles. The predicted octanol–water partition coefficient (Wildman–Crippen LogP) is 3.62. The number of halogens is 2. The van der Waals surface area contributed by atoms with Crippen molar-refractivity contribution < 1.29 is 13.9 Å². The van der Waals surface area contributed by atoms with Gasteiger partial charge in [0.25, 0.3) is 0 Å².